The third-order valence-corrected chi connectivity index (χ3v) is 3.32. The van der Waals surface area contributed by atoms with Crippen molar-refractivity contribution in [2.45, 2.75) is 39.7 Å². The van der Waals surface area contributed by atoms with Crippen LogP contribution < -0.4 is 15.2 Å². The van der Waals surface area contributed by atoms with Gasteiger partial charge >= 0.3 is 0 Å². The van der Waals surface area contributed by atoms with E-state index in [1.54, 1.807) is 13.8 Å². The molecule has 0 aliphatic rings. The largest absolute Gasteiger partial charge is 0.330 e. The van der Waals surface area contributed by atoms with Gasteiger partial charge in [-0.2, -0.15) is 13.1 Å². The van der Waals surface area contributed by atoms with Gasteiger partial charge in [0.15, 0.2) is 0 Å². The Hall–Kier alpha value is -0.170. The van der Waals surface area contributed by atoms with Crippen molar-refractivity contribution < 1.29 is 8.42 Å². The highest BCUT2D eigenvalue weighted by Crippen LogP contribution is 2.01. The number of nitrogens with one attached hydrogen (secondary N) is 2. The van der Waals surface area contributed by atoms with Crippen molar-refractivity contribution in [1.29, 1.82) is 0 Å². The molecule has 0 aromatic carbocycles. The summed E-state index contributed by atoms with van der Waals surface area (Å²) in [5, 5.41) is 0. The Morgan fingerprint density at radius 3 is 2.33 bits per heavy atom. The fraction of sp³-hybridized carbons (Fsp3) is 1.00. The summed E-state index contributed by atoms with van der Waals surface area (Å²) in [6, 6.07) is -0.0783. The molecule has 0 rings (SSSR count). The van der Waals surface area contributed by atoms with Crippen LogP contribution >= 0.6 is 0 Å². The summed E-state index contributed by atoms with van der Waals surface area (Å²) in [6.45, 7) is 6.75. The van der Waals surface area contributed by atoms with Crippen LogP contribution in [-0.2, 0) is 10.2 Å². The topological polar surface area (TPSA) is 84.2 Å². The molecule has 1 atom stereocenters. The second kappa shape index (κ2) is 7.16. The Morgan fingerprint density at radius 1 is 1.27 bits per heavy atom. The molecule has 0 saturated heterocycles. The molecule has 0 radical (unpaired) electrons. The van der Waals surface area contributed by atoms with E-state index < -0.39 is 10.2 Å². The zero-order valence-corrected chi connectivity index (χ0v) is 10.6. The van der Waals surface area contributed by atoms with Gasteiger partial charge in [-0.05, 0) is 39.2 Å². The molecule has 1 unspecified atom stereocenters. The van der Waals surface area contributed by atoms with Gasteiger partial charge in [0.05, 0.1) is 0 Å². The van der Waals surface area contributed by atoms with Crippen LogP contribution in [-0.4, -0.2) is 27.5 Å². The first-order valence-corrected chi connectivity index (χ1v) is 6.82. The lowest BCUT2D eigenvalue weighted by atomic mass is 10.1. The first kappa shape index (κ1) is 14.8. The third kappa shape index (κ3) is 8.80. The first-order valence-electron chi connectivity index (χ1n) is 5.34. The highest BCUT2D eigenvalue weighted by atomic mass is 32.2. The molecular weight excluding hydrogens is 214 g/mol. The fourth-order valence-electron chi connectivity index (χ4n) is 1.13. The lowest BCUT2D eigenvalue weighted by Crippen LogP contribution is -2.40. The summed E-state index contributed by atoms with van der Waals surface area (Å²) in [5.41, 5.74) is 5.45. The van der Waals surface area contributed by atoms with Gasteiger partial charge in [-0.15, -0.1) is 0 Å². The Kier molecular flexibility index (Phi) is 7.08. The molecule has 0 fully saturated rings. The molecule has 0 aromatic rings. The minimum absolute atomic E-state index is 0.0783. The Balaban J connectivity index is 3.67. The van der Waals surface area contributed by atoms with Crippen LogP contribution in [0.15, 0.2) is 0 Å². The smallest absolute Gasteiger partial charge is 0.277 e. The molecule has 0 bridgehead atoms. The van der Waals surface area contributed by atoms with Gasteiger partial charge in [-0.25, -0.2) is 4.72 Å². The predicted molar refractivity (Wildman–Crippen MR) is 62.6 cm³/mol. The van der Waals surface area contributed by atoms with Gasteiger partial charge in [-0.1, -0.05) is 6.92 Å². The van der Waals surface area contributed by atoms with Crippen molar-refractivity contribution in [3.05, 3.63) is 0 Å². The van der Waals surface area contributed by atoms with E-state index in [4.69, 9.17) is 5.73 Å². The summed E-state index contributed by atoms with van der Waals surface area (Å²) in [5.74, 6) is 0.451. The van der Waals surface area contributed by atoms with Crippen molar-refractivity contribution >= 4 is 10.2 Å². The van der Waals surface area contributed by atoms with Crippen molar-refractivity contribution in [2.24, 2.45) is 11.7 Å². The summed E-state index contributed by atoms with van der Waals surface area (Å²) in [6.07, 6.45) is 1.76. The van der Waals surface area contributed by atoms with Gasteiger partial charge in [0.25, 0.3) is 10.2 Å². The van der Waals surface area contributed by atoms with Crippen LogP contribution in [0.2, 0.25) is 0 Å². The zero-order chi connectivity index (χ0) is 11.9. The maximum absolute atomic E-state index is 11.3. The molecule has 4 N–H and O–H groups in total. The number of hydrogen-bond acceptors (Lipinski definition) is 3. The first-order chi connectivity index (χ1) is 6.87. The van der Waals surface area contributed by atoms with E-state index in [1.807, 2.05) is 0 Å². The standard InChI is InChI=1S/C9H23N3O2S/c1-8(2)12-15(13,14)11-6-4-5-9(3)7-10/h8-9,11-12H,4-7,10H2,1-3H3. The van der Waals surface area contributed by atoms with E-state index in [1.165, 1.54) is 0 Å². The molecule has 92 valence electrons. The van der Waals surface area contributed by atoms with Gasteiger partial charge in [-0.3, -0.25) is 0 Å². The Morgan fingerprint density at radius 2 is 1.87 bits per heavy atom. The summed E-state index contributed by atoms with van der Waals surface area (Å²) in [7, 11) is -3.32. The number of rotatable bonds is 8. The maximum atomic E-state index is 11.3. The van der Waals surface area contributed by atoms with E-state index in [2.05, 4.69) is 16.4 Å². The molecule has 0 aliphatic heterocycles. The minimum atomic E-state index is -3.32. The molecule has 0 aliphatic carbocycles. The minimum Gasteiger partial charge on any atom is -0.330 e. The highest BCUT2D eigenvalue weighted by molar-refractivity contribution is 7.87. The van der Waals surface area contributed by atoms with Crippen LogP contribution in [0.25, 0.3) is 0 Å². The molecular formula is C9H23N3O2S. The average molecular weight is 237 g/mol. The average Bonchev–Trinajstić information content (AvgIpc) is 2.10. The Labute approximate surface area is 93.0 Å². The molecule has 0 spiro atoms. The Bertz CT molecular complexity index is 252. The quantitative estimate of drug-likeness (QED) is 0.527. The zero-order valence-electron chi connectivity index (χ0n) is 9.79. The molecule has 0 amide bonds. The summed E-state index contributed by atoms with van der Waals surface area (Å²) in [4.78, 5) is 0. The van der Waals surface area contributed by atoms with Gasteiger partial charge < -0.3 is 5.73 Å². The highest BCUT2D eigenvalue weighted by Gasteiger charge is 2.09. The van der Waals surface area contributed by atoms with Crippen LogP contribution in [0, 0.1) is 5.92 Å². The lowest BCUT2D eigenvalue weighted by Gasteiger charge is -2.11. The molecule has 0 aromatic heterocycles. The van der Waals surface area contributed by atoms with Gasteiger partial charge in [0, 0.05) is 12.6 Å². The molecule has 15 heavy (non-hydrogen) atoms. The van der Waals surface area contributed by atoms with E-state index in [0.717, 1.165) is 12.8 Å². The normalized spacial score (nSPS) is 14.5. The van der Waals surface area contributed by atoms with E-state index >= 15 is 0 Å². The molecule has 6 heteroatoms. The molecule has 0 heterocycles. The number of nitrogens with two attached hydrogens (primary N) is 1. The maximum Gasteiger partial charge on any atom is 0.277 e. The van der Waals surface area contributed by atoms with Gasteiger partial charge in [0.2, 0.25) is 0 Å². The van der Waals surface area contributed by atoms with E-state index in [9.17, 15) is 8.42 Å². The lowest BCUT2D eigenvalue weighted by molar-refractivity contribution is 0.509. The SMILES string of the molecule is CC(CN)CCCNS(=O)(=O)NC(C)C. The van der Waals surface area contributed by atoms with Crippen molar-refractivity contribution in [1.82, 2.24) is 9.44 Å². The van der Waals surface area contributed by atoms with Crippen molar-refractivity contribution in [3.8, 4) is 0 Å². The molecule has 5 nitrogen and oxygen atoms in total. The second-order valence-electron chi connectivity index (χ2n) is 4.15. The fourth-order valence-corrected chi connectivity index (χ4v) is 2.24. The van der Waals surface area contributed by atoms with Gasteiger partial charge in [0.1, 0.15) is 0 Å². The van der Waals surface area contributed by atoms with E-state index in [0.29, 0.717) is 19.0 Å². The molecule has 0 saturated carbocycles. The van der Waals surface area contributed by atoms with Crippen molar-refractivity contribution in [3.63, 3.8) is 0 Å². The van der Waals surface area contributed by atoms with E-state index in [-0.39, 0.29) is 6.04 Å². The van der Waals surface area contributed by atoms with Crippen LogP contribution in [0.5, 0.6) is 0 Å². The van der Waals surface area contributed by atoms with Crippen LogP contribution in [0.1, 0.15) is 33.6 Å². The van der Waals surface area contributed by atoms with Crippen LogP contribution in [0.3, 0.4) is 0 Å². The second-order valence-corrected chi connectivity index (χ2v) is 5.68. The third-order valence-electron chi connectivity index (χ3n) is 1.96. The number of hydrogen-bond donors (Lipinski definition) is 3. The van der Waals surface area contributed by atoms with Crippen molar-refractivity contribution in [2.75, 3.05) is 13.1 Å². The summed E-state index contributed by atoms with van der Waals surface area (Å²) >= 11 is 0. The summed E-state index contributed by atoms with van der Waals surface area (Å²) < 4.78 is 27.6. The predicted octanol–water partition coefficient (Wildman–Crippen LogP) is 0.194. The monoisotopic (exact) mass is 237 g/mol. The van der Waals surface area contributed by atoms with Crippen LogP contribution in [0.4, 0.5) is 0 Å².